The van der Waals surface area contributed by atoms with Crippen LogP contribution in [-0.2, 0) is 6.54 Å². The summed E-state index contributed by atoms with van der Waals surface area (Å²) in [7, 11) is 0. The summed E-state index contributed by atoms with van der Waals surface area (Å²) >= 11 is 5.93. The van der Waals surface area contributed by atoms with Gasteiger partial charge in [0.15, 0.2) is 0 Å². The predicted molar refractivity (Wildman–Crippen MR) is 89.5 cm³/mol. The van der Waals surface area contributed by atoms with Crippen molar-refractivity contribution in [2.24, 2.45) is 0 Å². The second-order valence-corrected chi connectivity index (χ2v) is 5.84. The fourth-order valence-electron chi connectivity index (χ4n) is 2.79. The Labute approximate surface area is 137 Å². The monoisotopic (exact) mass is 327 g/mol. The third-order valence-electron chi connectivity index (χ3n) is 3.85. The van der Waals surface area contributed by atoms with E-state index in [4.69, 9.17) is 16.3 Å². The first kappa shape index (κ1) is 14.1. The van der Waals surface area contributed by atoms with Gasteiger partial charge in [-0.2, -0.15) is 0 Å². The van der Waals surface area contributed by atoms with E-state index in [2.05, 4.69) is 9.88 Å². The van der Waals surface area contributed by atoms with Gasteiger partial charge in [-0.15, -0.1) is 0 Å². The molecule has 0 spiro atoms. The van der Waals surface area contributed by atoms with Gasteiger partial charge in [0.2, 0.25) is 0 Å². The minimum absolute atomic E-state index is 0.131. The SMILES string of the molecule is O=c1cc(CN2CCOc3ccccc32)nc2ccc(Cl)cn12. The first-order valence-electron chi connectivity index (χ1n) is 7.35. The van der Waals surface area contributed by atoms with E-state index in [0.29, 0.717) is 23.8 Å². The molecule has 0 fully saturated rings. The molecule has 5 nitrogen and oxygen atoms in total. The van der Waals surface area contributed by atoms with E-state index in [0.717, 1.165) is 23.7 Å². The summed E-state index contributed by atoms with van der Waals surface area (Å²) in [5.74, 6) is 0.864. The summed E-state index contributed by atoms with van der Waals surface area (Å²) in [6.45, 7) is 1.95. The Morgan fingerprint density at radius 1 is 1.22 bits per heavy atom. The summed E-state index contributed by atoms with van der Waals surface area (Å²) in [4.78, 5) is 19.0. The number of fused-ring (bicyclic) bond motifs is 2. The first-order chi connectivity index (χ1) is 11.2. The van der Waals surface area contributed by atoms with E-state index in [1.54, 1.807) is 24.4 Å². The predicted octanol–water partition coefficient (Wildman–Crippen LogP) is 2.75. The Bertz CT molecular complexity index is 939. The lowest BCUT2D eigenvalue weighted by atomic mass is 10.2. The van der Waals surface area contributed by atoms with Crippen LogP contribution in [0.3, 0.4) is 0 Å². The van der Waals surface area contributed by atoms with Crippen LogP contribution in [0.4, 0.5) is 5.69 Å². The van der Waals surface area contributed by atoms with Crippen LogP contribution in [0.1, 0.15) is 5.69 Å². The van der Waals surface area contributed by atoms with E-state index in [-0.39, 0.29) is 5.56 Å². The van der Waals surface area contributed by atoms with Gasteiger partial charge in [-0.1, -0.05) is 23.7 Å². The molecule has 0 radical (unpaired) electrons. The van der Waals surface area contributed by atoms with Crippen molar-refractivity contribution in [3.8, 4) is 5.75 Å². The number of benzene rings is 1. The van der Waals surface area contributed by atoms with Crippen molar-refractivity contribution in [2.75, 3.05) is 18.1 Å². The van der Waals surface area contributed by atoms with Gasteiger partial charge in [0.25, 0.3) is 5.56 Å². The smallest absolute Gasteiger partial charge is 0.258 e. The topological polar surface area (TPSA) is 46.8 Å². The third-order valence-corrected chi connectivity index (χ3v) is 4.08. The number of hydrogen-bond acceptors (Lipinski definition) is 4. The van der Waals surface area contributed by atoms with Gasteiger partial charge in [-0.3, -0.25) is 9.20 Å². The average Bonchev–Trinajstić information content (AvgIpc) is 2.56. The van der Waals surface area contributed by atoms with Gasteiger partial charge in [-0.25, -0.2) is 4.98 Å². The molecule has 1 aliphatic rings. The van der Waals surface area contributed by atoms with Crippen LogP contribution in [-0.4, -0.2) is 22.5 Å². The zero-order chi connectivity index (χ0) is 15.8. The highest BCUT2D eigenvalue weighted by molar-refractivity contribution is 6.30. The quantitative estimate of drug-likeness (QED) is 0.726. The lowest BCUT2D eigenvalue weighted by molar-refractivity contribution is 0.306. The largest absolute Gasteiger partial charge is 0.490 e. The molecule has 3 heterocycles. The molecule has 0 amide bonds. The summed E-state index contributed by atoms with van der Waals surface area (Å²) in [5.41, 5.74) is 2.22. The molecule has 0 bridgehead atoms. The van der Waals surface area contributed by atoms with E-state index in [1.165, 1.54) is 4.40 Å². The van der Waals surface area contributed by atoms with E-state index in [1.807, 2.05) is 24.3 Å². The summed E-state index contributed by atoms with van der Waals surface area (Å²) in [6, 6.07) is 12.9. The highest BCUT2D eigenvalue weighted by Gasteiger charge is 2.18. The Balaban J connectivity index is 1.72. The Kier molecular flexibility index (Phi) is 3.42. The molecule has 0 unspecified atom stereocenters. The third kappa shape index (κ3) is 2.64. The van der Waals surface area contributed by atoms with Crippen LogP contribution in [0, 0.1) is 0 Å². The molecular formula is C17H14ClN3O2. The zero-order valence-corrected chi connectivity index (χ0v) is 13.0. The Morgan fingerprint density at radius 2 is 2.09 bits per heavy atom. The van der Waals surface area contributed by atoms with Crippen molar-refractivity contribution in [3.63, 3.8) is 0 Å². The van der Waals surface area contributed by atoms with Gasteiger partial charge in [0.1, 0.15) is 18.0 Å². The molecule has 116 valence electrons. The first-order valence-corrected chi connectivity index (χ1v) is 7.73. The van der Waals surface area contributed by atoms with Gasteiger partial charge in [-0.05, 0) is 24.3 Å². The molecule has 0 aliphatic carbocycles. The van der Waals surface area contributed by atoms with Crippen LogP contribution in [0.25, 0.3) is 5.65 Å². The number of nitrogens with zero attached hydrogens (tertiary/aromatic N) is 3. The van der Waals surface area contributed by atoms with E-state index < -0.39 is 0 Å². The molecule has 1 aliphatic heterocycles. The number of halogens is 1. The maximum Gasteiger partial charge on any atom is 0.258 e. The molecule has 0 atom stereocenters. The number of anilines is 1. The Hall–Kier alpha value is -2.53. The number of hydrogen-bond donors (Lipinski definition) is 0. The molecule has 2 aromatic heterocycles. The highest BCUT2D eigenvalue weighted by atomic mass is 35.5. The molecular weight excluding hydrogens is 314 g/mol. The summed E-state index contributed by atoms with van der Waals surface area (Å²) in [6.07, 6.45) is 1.58. The molecule has 23 heavy (non-hydrogen) atoms. The average molecular weight is 328 g/mol. The molecule has 0 saturated heterocycles. The van der Waals surface area contributed by atoms with Gasteiger partial charge < -0.3 is 9.64 Å². The minimum Gasteiger partial charge on any atom is -0.490 e. The molecule has 4 rings (SSSR count). The molecule has 0 saturated carbocycles. The van der Waals surface area contributed by atoms with Crippen molar-refractivity contribution in [2.45, 2.75) is 6.54 Å². The number of ether oxygens (including phenoxy) is 1. The zero-order valence-electron chi connectivity index (χ0n) is 12.3. The maximum absolute atomic E-state index is 12.3. The van der Waals surface area contributed by atoms with Crippen molar-refractivity contribution in [3.05, 3.63) is 69.7 Å². The normalized spacial score (nSPS) is 13.7. The maximum atomic E-state index is 12.3. The van der Waals surface area contributed by atoms with E-state index >= 15 is 0 Å². The fourth-order valence-corrected chi connectivity index (χ4v) is 2.95. The lowest BCUT2D eigenvalue weighted by Gasteiger charge is -2.30. The lowest BCUT2D eigenvalue weighted by Crippen LogP contribution is -2.33. The van der Waals surface area contributed by atoms with Gasteiger partial charge >= 0.3 is 0 Å². The van der Waals surface area contributed by atoms with Crippen LogP contribution >= 0.6 is 11.6 Å². The van der Waals surface area contributed by atoms with E-state index in [9.17, 15) is 4.79 Å². The number of pyridine rings is 1. The second kappa shape index (κ2) is 5.59. The minimum atomic E-state index is -0.131. The number of aromatic nitrogens is 2. The van der Waals surface area contributed by atoms with Crippen molar-refractivity contribution < 1.29 is 4.74 Å². The fraction of sp³-hybridized carbons (Fsp3) is 0.176. The molecule has 3 aromatic rings. The number of para-hydroxylation sites is 2. The van der Waals surface area contributed by atoms with Crippen LogP contribution < -0.4 is 15.2 Å². The van der Waals surface area contributed by atoms with Crippen molar-refractivity contribution >= 4 is 22.9 Å². The second-order valence-electron chi connectivity index (χ2n) is 5.40. The van der Waals surface area contributed by atoms with Gasteiger partial charge in [0, 0.05) is 12.3 Å². The highest BCUT2D eigenvalue weighted by Crippen LogP contribution is 2.31. The Morgan fingerprint density at radius 3 is 3.00 bits per heavy atom. The standard InChI is InChI=1S/C17H14ClN3O2/c18-12-5-6-16-19-13(9-17(22)21(16)10-12)11-20-7-8-23-15-4-2-1-3-14(15)20/h1-6,9-10H,7-8,11H2. The summed E-state index contributed by atoms with van der Waals surface area (Å²) in [5, 5.41) is 0.510. The molecule has 0 N–H and O–H groups in total. The van der Waals surface area contributed by atoms with Crippen LogP contribution in [0.15, 0.2) is 53.5 Å². The van der Waals surface area contributed by atoms with Gasteiger partial charge in [0.05, 0.1) is 29.5 Å². The van der Waals surface area contributed by atoms with Crippen LogP contribution in [0.2, 0.25) is 5.02 Å². The summed E-state index contributed by atoms with van der Waals surface area (Å²) < 4.78 is 7.11. The molecule has 6 heteroatoms. The number of rotatable bonds is 2. The van der Waals surface area contributed by atoms with Crippen molar-refractivity contribution in [1.29, 1.82) is 0 Å². The molecule has 1 aromatic carbocycles. The van der Waals surface area contributed by atoms with Crippen LogP contribution in [0.5, 0.6) is 5.75 Å². The van der Waals surface area contributed by atoms with Crippen molar-refractivity contribution in [1.82, 2.24) is 9.38 Å².